The van der Waals surface area contributed by atoms with E-state index in [-0.39, 0.29) is 30.3 Å². The van der Waals surface area contributed by atoms with Crippen molar-refractivity contribution in [1.29, 1.82) is 0 Å². The van der Waals surface area contributed by atoms with Crippen LogP contribution in [0.25, 0.3) is 0 Å². The number of amides is 1. The molecule has 6 nitrogen and oxygen atoms in total. The highest BCUT2D eigenvalue weighted by Crippen LogP contribution is 2.39. The van der Waals surface area contributed by atoms with E-state index < -0.39 is 0 Å². The Balaban J connectivity index is 1.90. The second kappa shape index (κ2) is 8.33. The summed E-state index contributed by atoms with van der Waals surface area (Å²) in [4.78, 5) is 27.2. The van der Waals surface area contributed by atoms with E-state index in [4.69, 9.17) is 14.2 Å². The third kappa shape index (κ3) is 3.67. The van der Waals surface area contributed by atoms with Gasteiger partial charge in [-0.25, -0.2) is 0 Å². The first-order valence-corrected chi connectivity index (χ1v) is 9.19. The van der Waals surface area contributed by atoms with Gasteiger partial charge in [-0.15, -0.1) is 0 Å². The molecule has 1 amide bonds. The van der Waals surface area contributed by atoms with Gasteiger partial charge >= 0.3 is 5.97 Å². The monoisotopic (exact) mass is 383 g/mol. The Labute approximate surface area is 165 Å². The average Bonchev–Trinajstić information content (AvgIpc) is 2.72. The Morgan fingerprint density at radius 3 is 2.43 bits per heavy atom. The number of carbonyl (C=O) groups is 2. The van der Waals surface area contributed by atoms with Gasteiger partial charge < -0.3 is 19.1 Å². The molecule has 0 aliphatic carbocycles. The number of esters is 1. The molecule has 1 aliphatic rings. The fourth-order valence-electron chi connectivity index (χ4n) is 3.81. The first-order chi connectivity index (χ1) is 13.5. The molecular weight excluding hydrogens is 358 g/mol. The normalized spacial score (nSPS) is 18.2. The van der Waals surface area contributed by atoms with Crippen LogP contribution in [-0.4, -0.2) is 39.2 Å². The van der Waals surface area contributed by atoms with Crippen molar-refractivity contribution in [3.8, 4) is 11.5 Å². The SMILES string of the molecule is COC(=O)C1CC(C)N(C(=O)Cc2ccc(OC)c(OC)c2)c2ccccc21. The molecule has 2 unspecified atom stereocenters. The minimum Gasteiger partial charge on any atom is -0.493 e. The summed E-state index contributed by atoms with van der Waals surface area (Å²) in [5, 5.41) is 0. The second-order valence-electron chi connectivity index (χ2n) is 6.85. The molecule has 28 heavy (non-hydrogen) atoms. The zero-order valence-corrected chi connectivity index (χ0v) is 16.6. The first-order valence-electron chi connectivity index (χ1n) is 9.19. The number of fused-ring (bicyclic) bond motifs is 1. The minimum absolute atomic E-state index is 0.0320. The second-order valence-corrected chi connectivity index (χ2v) is 6.85. The molecule has 6 heteroatoms. The molecule has 0 bridgehead atoms. The Kier molecular flexibility index (Phi) is 5.87. The summed E-state index contributed by atoms with van der Waals surface area (Å²) < 4.78 is 15.6. The van der Waals surface area contributed by atoms with E-state index in [9.17, 15) is 9.59 Å². The van der Waals surface area contributed by atoms with Gasteiger partial charge in [-0.2, -0.15) is 0 Å². The number of hydrogen-bond acceptors (Lipinski definition) is 5. The first kappa shape index (κ1) is 19.7. The van der Waals surface area contributed by atoms with Crippen molar-refractivity contribution in [2.45, 2.75) is 31.7 Å². The molecule has 1 aliphatic heterocycles. The van der Waals surface area contributed by atoms with Gasteiger partial charge in [0.05, 0.1) is 33.7 Å². The van der Waals surface area contributed by atoms with E-state index in [1.807, 2.05) is 43.3 Å². The Morgan fingerprint density at radius 1 is 1.04 bits per heavy atom. The predicted octanol–water partition coefficient (Wildman–Crippen LogP) is 3.33. The molecule has 3 rings (SSSR count). The van der Waals surface area contributed by atoms with Crippen LogP contribution in [0.2, 0.25) is 0 Å². The summed E-state index contributed by atoms with van der Waals surface area (Å²) in [7, 11) is 4.54. The maximum absolute atomic E-state index is 13.2. The third-order valence-corrected chi connectivity index (χ3v) is 5.15. The fraction of sp³-hybridized carbons (Fsp3) is 0.364. The van der Waals surface area contributed by atoms with Crippen molar-refractivity contribution in [2.24, 2.45) is 0 Å². The highest BCUT2D eigenvalue weighted by Gasteiger charge is 2.37. The van der Waals surface area contributed by atoms with Gasteiger partial charge in [0.1, 0.15) is 0 Å². The fourth-order valence-corrected chi connectivity index (χ4v) is 3.81. The highest BCUT2D eigenvalue weighted by molar-refractivity contribution is 5.98. The van der Waals surface area contributed by atoms with Gasteiger partial charge in [0.15, 0.2) is 11.5 Å². The number of ether oxygens (including phenoxy) is 3. The summed E-state index contributed by atoms with van der Waals surface area (Å²) in [5.74, 6) is 0.546. The summed E-state index contributed by atoms with van der Waals surface area (Å²) in [6.45, 7) is 1.96. The van der Waals surface area contributed by atoms with Gasteiger partial charge in [-0.1, -0.05) is 24.3 Å². The van der Waals surface area contributed by atoms with Crippen molar-refractivity contribution in [2.75, 3.05) is 26.2 Å². The van der Waals surface area contributed by atoms with Gasteiger partial charge in [0, 0.05) is 11.7 Å². The smallest absolute Gasteiger partial charge is 0.313 e. The van der Waals surface area contributed by atoms with E-state index in [2.05, 4.69) is 0 Å². The van der Waals surface area contributed by atoms with Gasteiger partial charge in [-0.05, 0) is 42.7 Å². The number of methoxy groups -OCH3 is 3. The topological polar surface area (TPSA) is 65.1 Å². The summed E-state index contributed by atoms with van der Waals surface area (Å²) in [6, 6.07) is 12.9. The highest BCUT2D eigenvalue weighted by atomic mass is 16.5. The van der Waals surface area contributed by atoms with Crippen molar-refractivity contribution in [3.05, 3.63) is 53.6 Å². The number of para-hydroxylation sites is 1. The van der Waals surface area contributed by atoms with E-state index in [1.165, 1.54) is 7.11 Å². The standard InChI is InChI=1S/C22H25NO5/c1-14-11-17(22(25)28-4)16-7-5-6-8-18(16)23(14)21(24)13-15-9-10-19(26-2)20(12-15)27-3/h5-10,12,14,17H,11,13H2,1-4H3. The maximum Gasteiger partial charge on any atom is 0.313 e. The number of anilines is 1. The zero-order chi connectivity index (χ0) is 20.3. The van der Waals surface area contributed by atoms with Crippen LogP contribution in [0, 0.1) is 0 Å². The number of carbonyl (C=O) groups excluding carboxylic acids is 2. The summed E-state index contributed by atoms with van der Waals surface area (Å²) in [6.07, 6.45) is 0.753. The van der Waals surface area contributed by atoms with E-state index in [1.54, 1.807) is 25.2 Å². The molecule has 2 aromatic carbocycles. The van der Waals surface area contributed by atoms with E-state index in [0.29, 0.717) is 17.9 Å². The van der Waals surface area contributed by atoms with E-state index in [0.717, 1.165) is 16.8 Å². The molecule has 148 valence electrons. The van der Waals surface area contributed by atoms with Gasteiger partial charge in [0.25, 0.3) is 0 Å². The van der Waals surface area contributed by atoms with Crippen LogP contribution in [0.4, 0.5) is 5.69 Å². The van der Waals surface area contributed by atoms with Crippen LogP contribution in [0.1, 0.15) is 30.4 Å². The number of benzene rings is 2. The lowest BCUT2D eigenvalue weighted by Gasteiger charge is -2.38. The molecule has 2 aromatic rings. The molecule has 0 saturated carbocycles. The molecule has 2 atom stereocenters. The van der Waals surface area contributed by atoms with Crippen LogP contribution in [0.3, 0.4) is 0 Å². The number of nitrogens with zero attached hydrogens (tertiary/aromatic N) is 1. The largest absolute Gasteiger partial charge is 0.493 e. The molecule has 0 radical (unpaired) electrons. The quantitative estimate of drug-likeness (QED) is 0.741. The average molecular weight is 383 g/mol. The van der Waals surface area contributed by atoms with Gasteiger partial charge in [-0.3, -0.25) is 9.59 Å². The molecule has 0 aromatic heterocycles. The maximum atomic E-state index is 13.2. The van der Waals surface area contributed by atoms with Crippen LogP contribution in [-0.2, 0) is 20.7 Å². The molecular formula is C22H25NO5. The van der Waals surface area contributed by atoms with Gasteiger partial charge in [0.2, 0.25) is 5.91 Å². The predicted molar refractivity (Wildman–Crippen MR) is 106 cm³/mol. The van der Waals surface area contributed by atoms with Crippen molar-refractivity contribution in [3.63, 3.8) is 0 Å². The molecule has 0 N–H and O–H groups in total. The number of rotatable bonds is 5. The Morgan fingerprint density at radius 2 is 1.75 bits per heavy atom. The van der Waals surface area contributed by atoms with Crippen molar-refractivity contribution in [1.82, 2.24) is 0 Å². The third-order valence-electron chi connectivity index (χ3n) is 5.15. The lowest BCUT2D eigenvalue weighted by Crippen LogP contribution is -2.45. The molecule has 0 saturated heterocycles. The summed E-state index contributed by atoms with van der Waals surface area (Å²) >= 11 is 0. The zero-order valence-electron chi connectivity index (χ0n) is 16.6. The summed E-state index contributed by atoms with van der Waals surface area (Å²) in [5.41, 5.74) is 2.43. The molecule has 0 spiro atoms. The van der Waals surface area contributed by atoms with Crippen LogP contribution >= 0.6 is 0 Å². The number of hydrogen-bond donors (Lipinski definition) is 0. The molecule has 1 heterocycles. The lowest BCUT2D eigenvalue weighted by atomic mass is 9.85. The minimum atomic E-state index is -0.360. The van der Waals surface area contributed by atoms with E-state index >= 15 is 0 Å². The Hall–Kier alpha value is -3.02. The lowest BCUT2D eigenvalue weighted by molar-refractivity contribution is -0.143. The van der Waals surface area contributed by atoms with Crippen LogP contribution < -0.4 is 14.4 Å². The van der Waals surface area contributed by atoms with Crippen molar-refractivity contribution >= 4 is 17.6 Å². The van der Waals surface area contributed by atoms with Crippen LogP contribution in [0.15, 0.2) is 42.5 Å². The van der Waals surface area contributed by atoms with Crippen LogP contribution in [0.5, 0.6) is 11.5 Å². The van der Waals surface area contributed by atoms with Crippen molar-refractivity contribution < 1.29 is 23.8 Å². The molecule has 0 fully saturated rings. The Bertz CT molecular complexity index is 879.